The number of anilines is 1. The first kappa shape index (κ1) is 27.5. The van der Waals surface area contributed by atoms with Crippen LogP contribution in [0, 0.1) is 0 Å². The van der Waals surface area contributed by atoms with Gasteiger partial charge in [-0.1, -0.05) is 48.6 Å². The molecule has 1 fully saturated rings. The Morgan fingerprint density at radius 3 is 2.65 bits per heavy atom. The van der Waals surface area contributed by atoms with Crippen molar-refractivity contribution in [2.24, 2.45) is 0 Å². The molecule has 2 N–H and O–H groups in total. The van der Waals surface area contributed by atoms with Crippen molar-refractivity contribution in [2.45, 2.75) is 36.6 Å². The van der Waals surface area contributed by atoms with Crippen molar-refractivity contribution < 1.29 is 23.9 Å². The first-order valence-electron chi connectivity index (χ1n) is 14.9. The van der Waals surface area contributed by atoms with E-state index in [0.29, 0.717) is 70.2 Å². The number of aromatic nitrogens is 1. The molecule has 43 heavy (non-hydrogen) atoms. The second-order valence-corrected chi connectivity index (χ2v) is 11.8. The van der Waals surface area contributed by atoms with Crippen LogP contribution in [0.15, 0.2) is 66.9 Å². The third kappa shape index (κ3) is 5.23. The van der Waals surface area contributed by atoms with Gasteiger partial charge in [0.25, 0.3) is 5.91 Å². The summed E-state index contributed by atoms with van der Waals surface area (Å²) in [7, 11) is 0. The van der Waals surface area contributed by atoms with Crippen LogP contribution in [-0.2, 0) is 37.3 Å². The molecule has 1 saturated heterocycles. The lowest BCUT2D eigenvalue weighted by atomic mass is 9.79. The van der Waals surface area contributed by atoms with Crippen LogP contribution >= 0.6 is 0 Å². The molecule has 3 atom stereocenters. The highest BCUT2D eigenvalue weighted by atomic mass is 16.5. The number of pyridine rings is 1. The topological polar surface area (TPSA) is 110 Å². The number of hydrogen-bond acceptors (Lipinski definition) is 6. The van der Waals surface area contributed by atoms with E-state index in [1.807, 2.05) is 48.6 Å². The minimum Gasteiger partial charge on any atom is -0.377 e. The highest BCUT2D eigenvalue weighted by molar-refractivity contribution is 6.06. The van der Waals surface area contributed by atoms with Crippen molar-refractivity contribution in [2.75, 3.05) is 44.8 Å². The molecule has 4 aliphatic rings. The molecule has 2 unspecified atom stereocenters. The molecule has 3 aliphatic heterocycles. The predicted octanol–water partition coefficient (Wildman–Crippen LogP) is 3.24. The summed E-state index contributed by atoms with van der Waals surface area (Å²) in [4.78, 5) is 46.9. The fourth-order valence-corrected chi connectivity index (χ4v) is 6.85. The van der Waals surface area contributed by atoms with E-state index in [1.54, 1.807) is 17.2 Å². The van der Waals surface area contributed by atoms with Crippen molar-refractivity contribution >= 4 is 29.6 Å². The minimum absolute atomic E-state index is 0.0732. The fraction of sp³-hybridized carbons (Fsp3) is 0.353. The van der Waals surface area contributed by atoms with Gasteiger partial charge in [-0.25, -0.2) is 4.98 Å². The smallest absolute Gasteiger partial charge is 0.251 e. The van der Waals surface area contributed by atoms with Crippen molar-refractivity contribution in [3.63, 3.8) is 0 Å². The Labute approximate surface area is 250 Å². The molecule has 7 rings (SSSR count). The minimum atomic E-state index is -0.767. The molecule has 2 aromatic carbocycles. The molecule has 9 nitrogen and oxygen atoms in total. The lowest BCUT2D eigenvalue weighted by Gasteiger charge is -2.38. The number of nitrogens with zero attached hydrogens (tertiary/aromatic N) is 2. The van der Waals surface area contributed by atoms with Crippen LogP contribution < -0.4 is 10.6 Å². The van der Waals surface area contributed by atoms with Gasteiger partial charge in [0.1, 0.15) is 11.9 Å². The lowest BCUT2D eigenvalue weighted by Crippen LogP contribution is -2.55. The Bertz CT molecular complexity index is 1610. The van der Waals surface area contributed by atoms with Gasteiger partial charge in [-0.3, -0.25) is 14.4 Å². The molecular weight excluding hydrogens is 544 g/mol. The number of nitrogens with one attached hydrogen (secondary N) is 2. The van der Waals surface area contributed by atoms with Crippen LogP contribution in [0.2, 0.25) is 0 Å². The Morgan fingerprint density at radius 2 is 1.77 bits per heavy atom. The average Bonchev–Trinajstić information content (AvgIpc) is 3.54. The highest BCUT2D eigenvalue weighted by Gasteiger charge is 2.51. The number of rotatable bonds is 1. The summed E-state index contributed by atoms with van der Waals surface area (Å²) in [5.41, 5.74) is 4.62. The molecule has 1 spiro atoms. The number of fused-ring (bicyclic) bond motifs is 4. The molecule has 1 aliphatic carbocycles. The second-order valence-electron chi connectivity index (χ2n) is 11.8. The van der Waals surface area contributed by atoms with Crippen LogP contribution in [0.4, 0.5) is 5.82 Å². The Balaban J connectivity index is 1.19. The third-order valence-corrected chi connectivity index (χ3v) is 9.09. The Kier molecular flexibility index (Phi) is 7.28. The van der Waals surface area contributed by atoms with E-state index in [-0.39, 0.29) is 23.6 Å². The number of carbonyl (C=O) groups is 3. The fourth-order valence-electron chi connectivity index (χ4n) is 6.85. The van der Waals surface area contributed by atoms with Crippen molar-refractivity contribution in [3.8, 4) is 0 Å². The van der Waals surface area contributed by atoms with E-state index in [4.69, 9.17) is 9.47 Å². The molecule has 1 aromatic heterocycles. The van der Waals surface area contributed by atoms with Gasteiger partial charge >= 0.3 is 0 Å². The zero-order valence-corrected chi connectivity index (χ0v) is 23.9. The summed E-state index contributed by atoms with van der Waals surface area (Å²) in [6.07, 6.45) is 7.16. The predicted molar refractivity (Wildman–Crippen MR) is 161 cm³/mol. The summed E-state index contributed by atoms with van der Waals surface area (Å²) in [5.74, 6) is 0.205. The summed E-state index contributed by atoms with van der Waals surface area (Å²) in [5, 5.41) is 6.01. The van der Waals surface area contributed by atoms with Gasteiger partial charge in [0.05, 0.1) is 31.8 Å². The third-order valence-electron chi connectivity index (χ3n) is 9.09. The largest absolute Gasteiger partial charge is 0.377 e. The van der Waals surface area contributed by atoms with Gasteiger partial charge in [-0.2, -0.15) is 0 Å². The summed E-state index contributed by atoms with van der Waals surface area (Å²) >= 11 is 0. The normalized spacial score (nSPS) is 26.3. The van der Waals surface area contributed by atoms with Crippen molar-refractivity contribution in [3.05, 3.63) is 100 Å². The maximum Gasteiger partial charge on any atom is 0.251 e. The van der Waals surface area contributed by atoms with Crippen molar-refractivity contribution in [1.29, 1.82) is 0 Å². The van der Waals surface area contributed by atoms with Gasteiger partial charge in [0.15, 0.2) is 0 Å². The van der Waals surface area contributed by atoms with Gasteiger partial charge in [0, 0.05) is 36.3 Å². The van der Waals surface area contributed by atoms with E-state index in [1.165, 1.54) is 0 Å². The maximum atomic E-state index is 13.6. The van der Waals surface area contributed by atoms with E-state index >= 15 is 0 Å². The zero-order valence-electron chi connectivity index (χ0n) is 23.9. The van der Waals surface area contributed by atoms with E-state index in [2.05, 4.69) is 27.8 Å². The van der Waals surface area contributed by atoms with E-state index in [9.17, 15) is 14.4 Å². The quantitative estimate of drug-likeness (QED) is 0.459. The van der Waals surface area contributed by atoms with Gasteiger partial charge in [-0.05, 0) is 59.7 Å². The molecule has 0 saturated carbocycles. The number of carbonyl (C=O) groups excluding carboxylic acids is 3. The van der Waals surface area contributed by atoms with Crippen molar-refractivity contribution in [1.82, 2.24) is 15.2 Å². The van der Waals surface area contributed by atoms with E-state index in [0.717, 1.165) is 27.8 Å². The SMILES string of the molecule is O=C1NC2CC(c3ccccc3)CN(CCOCCOC/C=C\c3cnc4c(c3)[C@]3(Cc5ccc1cc5C3)C(=O)N4)C2=O. The van der Waals surface area contributed by atoms with Crippen LogP contribution in [0.5, 0.6) is 0 Å². The molecule has 3 aromatic rings. The number of ether oxygens (including phenoxy) is 2. The summed E-state index contributed by atoms with van der Waals surface area (Å²) < 4.78 is 11.5. The maximum absolute atomic E-state index is 13.6. The van der Waals surface area contributed by atoms with Gasteiger partial charge in [-0.15, -0.1) is 0 Å². The van der Waals surface area contributed by atoms with Crippen LogP contribution in [-0.4, -0.2) is 73.2 Å². The number of piperidine rings is 1. The molecular formula is C34H34N4O5. The molecule has 9 heteroatoms. The average molecular weight is 579 g/mol. The lowest BCUT2D eigenvalue weighted by molar-refractivity contribution is -0.137. The van der Waals surface area contributed by atoms with Crippen LogP contribution in [0.3, 0.4) is 0 Å². The second kappa shape index (κ2) is 11.4. The van der Waals surface area contributed by atoms with E-state index < -0.39 is 11.5 Å². The molecule has 0 radical (unpaired) electrons. The number of benzene rings is 2. The molecule has 3 amide bonds. The Hall–Kier alpha value is -4.34. The first-order chi connectivity index (χ1) is 21.0. The summed E-state index contributed by atoms with van der Waals surface area (Å²) in [6.45, 7) is 2.64. The van der Waals surface area contributed by atoms with Gasteiger partial charge < -0.3 is 25.0 Å². The first-order valence-corrected chi connectivity index (χ1v) is 14.9. The number of amides is 3. The monoisotopic (exact) mass is 578 g/mol. The molecule has 7 bridgehead atoms. The molecule has 220 valence electrons. The summed E-state index contributed by atoms with van der Waals surface area (Å²) in [6, 6.07) is 17.1. The van der Waals surface area contributed by atoms with Gasteiger partial charge in [0.2, 0.25) is 11.8 Å². The number of hydrogen-bond donors (Lipinski definition) is 2. The molecule has 4 heterocycles. The Morgan fingerprint density at radius 1 is 0.930 bits per heavy atom. The highest BCUT2D eigenvalue weighted by Crippen LogP contribution is 2.47. The zero-order chi connectivity index (χ0) is 29.4. The van der Waals surface area contributed by atoms with Crippen LogP contribution in [0.1, 0.15) is 50.5 Å². The van der Waals surface area contributed by atoms with Crippen LogP contribution in [0.25, 0.3) is 6.08 Å². The standard InChI is InChI=1S/C34H34N4O5/c39-31-24-8-9-25-18-34(19-26(25)16-24)28-15-22(20-35-30(28)37-33(34)41)5-4-11-42-13-14-43-12-10-38-21-27(17-29(36-31)32(38)40)23-6-2-1-3-7-23/h1-9,15-16,20,27,29H,10-14,17-19,21H2,(H,36,39)(H,35,37,41)/b5-4-/t27?,29?,34-/m1/s1.